The molecule has 1 fully saturated rings. The van der Waals surface area contributed by atoms with Crippen molar-refractivity contribution in [1.82, 2.24) is 34.3 Å². The number of aliphatic hydroxyl groups is 1. The zero-order valence-corrected chi connectivity index (χ0v) is 19.6. The van der Waals surface area contributed by atoms with Gasteiger partial charge in [0.05, 0.1) is 46.8 Å². The van der Waals surface area contributed by atoms with Gasteiger partial charge in [-0.3, -0.25) is 14.5 Å². The van der Waals surface area contributed by atoms with Crippen LogP contribution >= 0.6 is 11.5 Å². The van der Waals surface area contributed by atoms with Gasteiger partial charge in [-0.2, -0.15) is 14.6 Å². The lowest BCUT2D eigenvalue weighted by molar-refractivity contribution is -0.167. The number of nitrogens with zero attached hydrogens (tertiary/aromatic N) is 7. The summed E-state index contributed by atoms with van der Waals surface area (Å²) in [7, 11) is 0. The molecule has 5 aromatic rings. The molecule has 0 spiro atoms. The van der Waals surface area contributed by atoms with Crippen LogP contribution in [-0.4, -0.2) is 64.1 Å². The van der Waals surface area contributed by atoms with E-state index in [1.165, 1.54) is 18.0 Å². The summed E-state index contributed by atoms with van der Waals surface area (Å²) in [6.45, 7) is 1.84. The molecule has 0 radical (unpaired) electrons. The number of nitrogens with two attached hydrogens (primary N) is 1. The van der Waals surface area contributed by atoms with Crippen LogP contribution in [0.2, 0.25) is 0 Å². The second-order valence-corrected chi connectivity index (χ2v) is 9.16. The van der Waals surface area contributed by atoms with Crippen LogP contribution in [0.25, 0.3) is 26.7 Å². The van der Waals surface area contributed by atoms with Gasteiger partial charge in [0.2, 0.25) is 0 Å². The van der Waals surface area contributed by atoms with Gasteiger partial charge in [0.15, 0.2) is 11.4 Å². The second kappa shape index (κ2) is 8.15. The summed E-state index contributed by atoms with van der Waals surface area (Å²) in [5, 5.41) is 24.3. The average molecular weight is 506 g/mol. The number of benzene rings is 1. The van der Waals surface area contributed by atoms with Crippen LogP contribution in [0.15, 0.2) is 47.7 Å². The molecule has 1 aliphatic heterocycles. The SMILES string of the molecule is CC1([C@@H](O)c2nc3ccc4c(N)nsc4c3c(=O)[nH]2)OCCN(c2ccn(-c3ccnnc3)n2)C1=O. The van der Waals surface area contributed by atoms with E-state index in [9.17, 15) is 14.7 Å². The minimum atomic E-state index is -1.72. The van der Waals surface area contributed by atoms with Crippen LogP contribution < -0.4 is 16.2 Å². The van der Waals surface area contributed by atoms with Gasteiger partial charge in [-0.15, -0.1) is 5.10 Å². The van der Waals surface area contributed by atoms with Crippen molar-refractivity contribution in [2.24, 2.45) is 0 Å². The van der Waals surface area contributed by atoms with Crippen molar-refractivity contribution in [3.63, 3.8) is 0 Å². The maximum Gasteiger partial charge on any atom is 0.263 e. The van der Waals surface area contributed by atoms with Gasteiger partial charge in [-0.1, -0.05) is 0 Å². The molecule has 0 saturated carbocycles. The number of H-pyrrole nitrogens is 1. The lowest BCUT2D eigenvalue weighted by Gasteiger charge is -2.40. The monoisotopic (exact) mass is 505 g/mol. The fraction of sp³-hybridized carbons (Fsp3) is 0.227. The van der Waals surface area contributed by atoms with Crippen molar-refractivity contribution in [2.75, 3.05) is 23.8 Å². The Morgan fingerprint density at radius 3 is 2.92 bits per heavy atom. The molecule has 36 heavy (non-hydrogen) atoms. The Kier molecular flexibility index (Phi) is 5.03. The molecule has 0 bridgehead atoms. The highest BCUT2D eigenvalue weighted by Gasteiger charge is 2.49. The Morgan fingerprint density at radius 1 is 1.25 bits per heavy atom. The number of morpholine rings is 1. The van der Waals surface area contributed by atoms with Gasteiger partial charge < -0.3 is 20.6 Å². The number of hydrogen-bond acceptors (Lipinski definition) is 11. The smallest absolute Gasteiger partial charge is 0.263 e. The van der Waals surface area contributed by atoms with E-state index in [0.29, 0.717) is 38.3 Å². The Hall–Kier alpha value is -4.27. The Balaban J connectivity index is 1.35. The van der Waals surface area contributed by atoms with E-state index in [2.05, 4.69) is 29.6 Å². The van der Waals surface area contributed by atoms with E-state index < -0.39 is 23.2 Å². The number of amides is 1. The molecule has 14 heteroatoms. The predicted molar refractivity (Wildman–Crippen MR) is 131 cm³/mol. The van der Waals surface area contributed by atoms with Gasteiger partial charge in [0.25, 0.3) is 11.5 Å². The van der Waals surface area contributed by atoms with Crippen LogP contribution in [0.4, 0.5) is 11.6 Å². The summed E-state index contributed by atoms with van der Waals surface area (Å²) < 4.78 is 12.0. The number of carbonyl (C=O) groups excluding carboxylic acids is 1. The highest BCUT2D eigenvalue weighted by Crippen LogP contribution is 2.35. The number of nitrogens with one attached hydrogen (secondary N) is 1. The summed E-state index contributed by atoms with van der Waals surface area (Å²) in [6, 6.07) is 6.76. The van der Waals surface area contributed by atoms with E-state index in [0.717, 1.165) is 11.5 Å². The standard InChI is InChI=1S/C22H19N9O4S/c1-22(17(32)19-26-13-3-2-12-16(36-29-18(12)23)15(13)20(33)27-19)21(34)30(8-9-35-22)14-5-7-31(28-14)11-4-6-24-25-10-11/h2-7,10,17,32H,8-9H2,1H3,(H2,23,29)(H,26,27,33)/t17-,22?/m0/s1. The van der Waals surface area contributed by atoms with Crippen molar-refractivity contribution < 1.29 is 14.6 Å². The van der Waals surface area contributed by atoms with Crippen LogP contribution in [0, 0.1) is 0 Å². The lowest BCUT2D eigenvalue weighted by Crippen LogP contribution is -2.58. The van der Waals surface area contributed by atoms with Crippen LogP contribution in [0.1, 0.15) is 18.9 Å². The first-order valence-electron chi connectivity index (χ1n) is 10.9. The fourth-order valence-electron chi connectivity index (χ4n) is 4.27. The Morgan fingerprint density at radius 2 is 2.11 bits per heavy atom. The van der Waals surface area contributed by atoms with Gasteiger partial charge in [0, 0.05) is 17.6 Å². The van der Waals surface area contributed by atoms with Crippen molar-refractivity contribution in [1.29, 1.82) is 0 Å². The molecular weight excluding hydrogens is 486 g/mol. The molecule has 182 valence electrons. The number of ether oxygens (including phenoxy) is 1. The molecule has 4 N–H and O–H groups in total. The van der Waals surface area contributed by atoms with Crippen LogP contribution in [-0.2, 0) is 9.53 Å². The van der Waals surface area contributed by atoms with Gasteiger partial charge in [-0.05, 0) is 36.7 Å². The number of aromatic amines is 1. The molecular formula is C22H19N9O4S. The molecule has 13 nitrogen and oxygen atoms in total. The quantitative estimate of drug-likeness (QED) is 0.318. The number of rotatable bonds is 4. The summed E-state index contributed by atoms with van der Waals surface area (Å²) in [4.78, 5) is 35.0. The first kappa shape index (κ1) is 22.2. The van der Waals surface area contributed by atoms with Crippen molar-refractivity contribution in [3.8, 4) is 5.69 Å². The molecule has 1 aliphatic rings. The summed E-state index contributed by atoms with van der Waals surface area (Å²) in [5.41, 5.74) is 4.70. The fourth-order valence-corrected chi connectivity index (χ4v) is 5.12. The van der Waals surface area contributed by atoms with E-state index in [1.54, 1.807) is 41.3 Å². The number of hydrogen-bond donors (Lipinski definition) is 3. The van der Waals surface area contributed by atoms with E-state index >= 15 is 0 Å². The highest BCUT2D eigenvalue weighted by atomic mass is 32.1. The number of aliphatic hydroxyl groups excluding tert-OH is 1. The third-order valence-electron chi connectivity index (χ3n) is 6.21. The van der Waals surface area contributed by atoms with E-state index in [-0.39, 0.29) is 19.0 Å². The highest BCUT2D eigenvalue weighted by molar-refractivity contribution is 7.14. The Labute approximate surface area is 206 Å². The van der Waals surface area contributed by atoms with E-state index in [1.807, 2.05) is 0 Å². The molecule has 1 saturated heterocycles. The number of anilines is 2. The molecule has 1 aromatic carbocycles. The predicted octanol–water partition coefficient (Wildman–Crippen LogP) is 0.946. The topological polar surface area (TPSA) is 178 Å². The van der Waals surface area contributed by atoms with E-state index in [4.69, 9.17) is 10.5 Å². The van der Waals surface area contributed by atoms with Crippen molar-refractivity contribution >= 4 is 50.1 Å². The number of nitrogen functional groups attached to an aromatic ring is 1. The van der Waals surface area contributed by atoms with Crippen LogP contribution in [0.5, 0.6) is 0 Å². The summed E-state index contributed by atoms with van der Waals surface area (Å²) in [5.74, 6) is 0.101. The van der Waals surface area contributed by atoms with Gasteiger partial charge in [-0.25, -0.2) is 9.67 Å². The zero-order chi connectivity index (χ0) is 25.0. The first-order valence-corrected chi connectivity index (χ1v) is 11.7. The van der Waals surface area contributed by atoms with Gasteiger partial charge in [0.1, 0.15) is 17.7 Å². The number of aromatic nitrogens is 7. The average Bonchev–Trinajstić information content (AvgIpc) is 3.53. The van der Waals surface area contributed by atoms with Crippen molar-refractivity contribution in [2.45, 2.75) is 18.6 Å². The molecule has 0 aliphatic carbocycles. The molecule has 2 atom stereocenters. The summed E-state index contributed by atoms with van der Waals surface area (Å²) in [6.07, 6.45) is 3.22. The third-order valence-corrected chi connectivity index (χ3v) is 7.10. The molecule has 1 amide bonds. The zero-order valence-electron chi connectivity index (χ0n) is 18.8. The number of carbonyl (C=O) groups is 1. The normalized spacial score (nSPS) is 19.3. The number of fused-ring (bicyclic) bond motifs is 3. The molecule has 6 rings (SSSR count). The first-order chi connectivity index (χ1) is 17.4. The minimum Gasteiger partial charge on any atom is -0.382 e. The minimum absolute atomic E-state index is 0.0876. The maximum atomic E-state index is 13.6. The Bertz CT molecular complexity index is 1680. The van der Waals surface area contributed by atoms with Gasteiger partial charge >= 0.3 is 0 Å². The van der Waals surface area contributed by atoms with Crippen LogP contribution in [0.3, 0.4) is 0 Å². The molecule has 1 unspecified atom stereocenters. The molecule has 4 aromatic heterocycles. The largest absolute Gasteiger partial charge is 0.382 e. The summed E-state index contributed by atoms with van der Waals surface area (Å²) >= 11 is 1.10. The lowest BCUT2D eigenvalue weighted by atomic mass is 9.94. The molecule has 5 heterocycles. The maximum absolute atomic E-state index is 13.6. The van der Waals surface area contributed by atoms with Crippen molar-refractivity contribution in [3.05, 3.63) is 59.0 Å². The second-order valence-electron chi connectivity index (χ2n) is 8.39. The third kappa shape index (κ3) is 3.34.